The molecule has 5 nitrogen and oxygen atoms in total. The summed E-state index contributed by atoms with van der Waals surface area (Å²) in [6.45, 7) is 5.43. The summed E-state index contributed by atoms with van der Waals surface area (Å²) in [6.07, 6.45) is 2.67. The van der Waals surface area contributed by atoms with Crippen molar-refractivity contribution in [1.29, 1.82) is 0 Å². The van der Waals surface area contributed by atoms with Gasteiger partial charge in [0.1, 0.15) is 12.4 Å². The lowest BCUT2D eigenvalue weighted by atomic mass is 9.87. The Hall–Kier alpha value is -5.13. The van der Waals surface area contributed by atoms with Crippen LogP contribution < -0.4 is 4.74 Å². The number of hydrogen-bond donors (Lipinski definition) is 0. The summed E-state index contributed by atoms with van der Waals surface area (Å²) < 4.78 is 8.60. The van der Waals surface area contributed by atoms with Crippen LogP contribution in [0.1, 0.15) is 40.2 Å². The van der Waals surface area contributed by atoms with E-state index in [9.17, 15) is 4.79 Å². The topological polar surface area (TPSA) is 37.7 Å². The maximum Gasteiger partial charge on any atom is 0.223 e. The van der Waals surface area contributed by atoms with Crippen molar-refractivity contribution in [3.05, 3.63) is 174 Å². The first-order valence-corrected chi connectivity index (χ1v) is 16.6. The predicted octanol–water partition coefficient (Wildman–Crippen LogP) is 8.14. The second-order valence-electron chi connectivity index (χ2n) is 12.5. The van der Waals surface area contributed by atoms with Gasteiger partial charge in [-0.2, -0.15) is 0 Å². The first-order valence-electron chi connectivity index (χ1n) is 16.6. The van der Waals surface area contributed by atoms with Gasteiger partial charge in [-0.05, 0) is 46.0 Å². The van der Waals surface area contributed by atoms with Gasteiger partial charge in [0.05, 0.1) is 0 Å². The third-order valence-electron chi connectivity index (χ3n) is 9.25. The smallest absolute Gasteiger partial charge is 0.223 e. The van der Waals surface area contributed by atoms with Gasteiger partial charge < -0.3 is 14.2 Å². The van der Waals surface area contributed by atoms with Crippen molar-refractivity contribution in [1.82, 2.24) is 14.4 Å². The van der Waals surface area contributed by atoms with E-state index in [1.807, 2.05) is 24.3 Å². The first kappa shape index (κ1) is 30.5. The van der Waals surface area contributed by atoms with Crippen LogP contribution in [0.3, 0.4) is 0 Å². The molecule has 1 amide bonds. The molecule has 2 heterocycles. The van der Waals surface area contributed by atoms with Crippen molar-refractivity contribution < 1.29 is 9.53 Å². The predicted molar refractivity (Wildman–Crippen MR) is 189 cm³/mol. The Labute approximate surface area is 277 Å². The van der Waals surface area contributed by atoms with Crippen molar-refractivity contribution in [2.45, 2.75) is 32.0 Å². The van der Waals surface area contributed by atoms with Crippen LogP contribution in [0, 0.1) is 0 Å². The molecule has 0 radical (unpaired) electrons. The minimum atomic E-state index is -0.118. The second-order valence-corrected chi connectivity index (χ2v) is 12.5. The number of para-hydroxylation sites is 1. The molecule has 0 unspecified atom stereocenters. The highest BCUT2D eigenvalue weighted by Gasteiger charge is 2.28. The number of aromatic nitrogens is 1. The highest BCUT2D eigenvalue weighted by Crippen LogP contribution is 2.37. The number of ether oxygens (including phenoxy) is 1. The standard InChI is InChI=1S/C42H41N3O2/c46-42(44-25-23-43(24-26-44)29-33-13-4-1-5-14-33)28-39(36-19-12-20-37(27-36)47-32-35-17-8-3-9-18-35)40-31-45(30-34-15-6-2-7-16-34)41-22-11-10-21-38(40)41/h1-22,27,31,39H,23-26,28-30,32H2/t39-/m1/s1. The van der Waals surface area contributed by atoms with Crippen molar-refractivity contribution in [3.63, 3.8) is 0 Å². The molecule has 47 heavy (non-hydrogen) atoms. The number of fused-ring (bicyclic) bond motifs is 1. The lowest BCUT2D eigenvalue weighted by molar-refractivity contribution is -0.133. The van der Waals surface area contributed by atoms with Crippen LogP contribution >= 0.6 is 0 Å². The molecule has 1 aliphatic rings. The van der Waals surface area contributed by atoms with E-state index in [1.165, 1.54) is 27.6 Å². The summed E-state index contributed by atoms with van der Waals surface area (Å²) in [4.78, 5) is 18.6. The van der Waals surface area contributed by atoms with Crippen LogP contribution in [-0.2, 0) is 24.5 Å². The van der Waals surface area contributed by atoms with E-state index in [4.69, 9.17) is 4.74 Å². The number of amides is 1. The minimum Gasteiger partial charge on any atom is -0.489 e. The molecular formula is C42H41N3O2. The molecule has 5 aromatic carbocycles. The Morgan fingerprint density at radius 1 is 0.638 bits per heavy atom. The van der Waals surface area contributed by atoms with Gasteiger partial charge in [-0.15, -0.1) is 0 Å². The lowest BCUT2D eigenvalue weighted by Crippen LogP contribution is -2.48. The molecule has 236 valence electrons. The number of piperazine rings is 1. The Balaban J connectivity index is 1.16. The van der Waals surface area contributed by atoms with Gasteiger partial charge in [-0.1, -0.05) is 121 Å². The highest BCUT2D eigenvalue weighted by molar-refractivity contribution is 5.87. The number of nitrogens with zero attached hydrogens (tertiary/aromatic N) is 3. The van der Waals surface area contributed by atoms with Crippen molar-refractivity contribution in [2.24, 2.45) is 0 Å². The molecule has 0 saturated carbocycles. The molecule has 1 saturated heterocycles. The third-order valence-corrected chi connectivity index (χ3v) is 9.25. The van der Waals surface area contributed by atoms with Crippen molar-refractivity contribution in [3.8, 4) is 5.75 Å². The summed E-state index contributed by atoms with van der Waals surface area (Å²) in [5.41, 5.74) is 7.13. The molecule has 0 spiro atoms. The van der Waals surface area contributed by atoms with Crippen molar-refractivity contribution >= 4 is 16.8 Å². The first-order chi connectivity index (χ1) is 23.2. The SMILES string of the molecule is O=C(C[C@H](c1cccc(OCc2ccccc2)c1)c1cn(Cc2ccccc2)c2ccccc12)N1CCN(Cc2ccccc2)CC1. The third kappa shape index (κ3) is 7.48. The molecule has 1 fully saturated rings. The highest BCUT2D eigenvalue weighted by atomic mass is 16.5. The number of hydrogen-bond acceptors (Lipinski definition) is 3. The summed E-state index contributed by atoms with van der Waals surface area (Å²) in [6, 6.07) is 48.3. The minimum absolute atomic E-state index is 0.118. The molecule has 0 bridgehead atoms. The van der Waals surface area contributed by atoms with Gasteiger partial charge in [0.25, 0.3) is 0 Å². The van der Waals surface area contributed by atoms with Crippen LogP contribution in [0.15, 0.2) is 146 Å². The maximum atomic E-state index is 14.1. The van der Waals surface area contributed by atoms with Gasteiger partial charge in [0.2, 0.25) is 5.91 Å². The fraction of sp³-hybridized carbons (Fsp3) is 0.214. The molecule has 7 rings (SSSR count). The molecule has 6 aromatic rings. The van der Waals surface area contributed by atoms with E-state index in [0.717, 1.165) is 56.1 Å². The van der Waals surface area contributed by atoms with Gasteiger partial charge >= 0.3 is 0 Å². The average molecular weight is 620 g/mol. The lowest BCUT2D eigenvalue weighted by Gasteiger charge is -2.35. The zero-order valence-corrected chi connectivity index (χ0v) is 26.7. The van der Waals surface area contributed by atoms with E-state index in [1.54, 1.807) is 0 Å². The van der Waals surface area contributed by atoms with Gasteiger partial charge in [-0.25, -0.2) is 0 Å². The van der Waals surface area contributed by atoms with E-state index < -0.39 is 0 Å². The Kier molecular flexibility index (Phi) is 9.43. The largest absolute Gasteiger partial charge is 0.489 e. The second kappa shape index (κ2) is 14.5. The fourth-order valence-corrected chi connectivity index (χ4v) is 6.73. The summed E-state index contributed by atoms with van der Waals surface area (Å²) >= 11 is 0. The Bertz CT molecular complexity index is 1890. The molecular weight excluding hydrogens is 578 g/mol. The Morgan fingerprint density at radius 2 is 1.26 bits per heavy atom. The molecule has 5 heteroatoms. The van der Waals surface area contributed by atoms with Gasteiger partial charge in [0, 0.05) is 68.7 Å². The summed E-state index contributed by atoms with van der Waals surface area (Å²) in [7, 11) is 0. The monoisotopic (exact) mass is 619 g/mol. The van der Waals surface area contributed by atoms with Crippen LogP contribution in [0.2, 0.25) is 0 Å². The average Bonchev–Trinajstić information content (AvgIpc) is 3.49. The fourth-order valence-electron chi connectivity index (χ4n) is 6.73. The molecule has 1 aromatic heterocycles. The van der Waals surface area contributed by atoms with Crippen LogP contribution in [0.4, 0.5) is 0 Å². The van der Waals surface area contributed by atoms with E-state index >= 15 is 0 Å². The molecule has 0 aliphatic carbocycles. The van der Waals surface area contributed by atoms with Crippen LogP contribution in [0.25, 0.3) is 10.9 Å². The van der Waals surface area contributed by atoms with Crippen molar-refractivity contribution in [2.75, 3.05) is 26.2 Å². The number of benzene rings is 5. The summed E-state index contributed by atoms with van der Waals surface area (Å²) in [5.74, 6) is 0.892. The van der Waals surface area contributed by atoms with E-state index in [-0.39, 0.29) is 11.8 Å². The number of rotatable bonds is 11. The van der Waals surface area contributed by atoms with Gasteiger partial charge in [0.15, 0.2) is 0 Å². The van der Waals surface area contributed by atoms with E-state index in [2.05, 4.69) is 136 Å². The molecule has 0 N–H and O–H groups in total. The quantitative estimate of drug-likeness (QED) is 0.147. The van der Waals surface area contributed by atoms with E-state index in [0.29, 0.717) is 13.0 Å². The number of carbonyl (C=O) groups is 1. The Morgan fingerprint density at radius 3 is 1.96 bits per heavy atom. The maximum absolute atomic E-state index is 14.1. The van der Waals surface area contributed by atoms with Crippen LogP contribution in [0.5, 0.6) is 5.75 Å². The zero-order valence-electron chi connectivity index (χ0n) is 26.7. The zero-order chi connectivity index (χ0) is 31.8. The molecule has 1 aliphatic heterocycles. The number of carbonyl (C=O) groups excluding carboxylic acids is 1. The normalized spacial score (nSPS) is 14.3. The molecule has 1 atom stereocenters. The van der Waals surface area contributed by atoms with Gasteiger partial charge in [-0.3, -0.25) is 9.69 Å². The van der Waals surface area contributed by atoms with Crippen LogP contribution in [-0.4, -0.2) is 46.5 Å². The summed E-state index contributed by atoms with van der Waals surface area (Å²) in [5, 5.41) is 1.18.